The Hall–Kier alpha value is -3.33. The van der Waals surface area contributed by atoms with Crippen molar-refractivity contribution in [1.29, 1.82) is 0 Å². The Balaban J connectivity index is 1.73. The molecule has 0 aliphatic rings. The zero-order valence-corrected chi connectivity index (χ0v) is 18.6. The van der Waals surface area contributed by atoms with Crippen LogP contribution in [-0.2, 0) is 11.3 Å². The lowest BCUT2D eigenvalue weighted by molar-refractivity contribution is -0.112. The summed E-state index contributed by atoms with van der Waals surface area (Å²) in [5, 5.41) is 6.99. The quantitative estimate of drug-likeness (QED) is 0.430. The van der Waals surface area contributed by atoms with Crippen molar-refractivity contribution in [2.75, 3.05) is 18.7 Å². The summed E-state index contributed by atoms with van der Waals surface area (Å²) in [4.78, 5) is 17.7. The van der Waals surface area contributed by atoms with Crippen molar-refractivity contribution in [2.45, 2.75) is 20.1 Å². The third kappa shape index (κ3) is 5.67. The van der Waals surface area contributed by atoms with Crippen LogP contribution in [0.3, 0.4) is 0 Å². The molecule has 0 fully saturated rings. The van der Waals surface area contributed by atoms with Gasteiger partial charge in [-0.1, -0.05) is 6.07 Å². The van der Waals surface area contributed by atoms with Crippen LogP contribution in [0.15, 0.2) is 65.3 Å². The second-order valence-electron chi connectivity index (χ2n) is 6.69. The summed E-state index contributed by atoms with van der Waals surface area (Å²) in [5.74, 6) is 0.454. The molecule has 6 nitrogen and oxygen atoms in total. The van der Waals surface area contributed by atoms with Crippen LogP contribution in [0.1, 0.15) is 12.5 Å². The fourth-order valence-electron chi connectivity index (χ4n) is 3.19. The van der Waals surface area contributed by atoms with Crippen molar-refractivity contribution in [1.82, 2.24) is 10.3 Å². The number of hydrogen-bond acceptors (Lipinski definition) is 6. The molecule has 0 saturated heterocycles. The third-order valence-corrected chi connectivity index (χ3v) is 5.57. The Morgan fingerprint density at radius 2 is 1.91 bits per heavy atom. The number of nitrogens with one attached hydrogen (secondary N) is 2. The molecule has 1 amide bonds. The molecule has 3 aromatic rings. The molecule has 2 N–H and O–H groups in total. The fraction of sp³-hybridized carbons (Fsp3) is 0.217. The van der Waals surface area contributed by atoms with E-state index in [2.05, 4.69) is 20.4 Å². The van der Waals surface area contributed by atoms with Gasteiger partial charge in [-0.25, -0.2) is 0 Å². The van der Waals surface area contributed by atoms with Crippen LogP contribution in [0.2, 0.25) is 0 Å². The molecule has 0 aliphatic carbocycles. The number of benzene rings is 2. The summed E-state index contributed by atoms with van der Waals surface area (Å²) in [7, 11) is 1.62. The molecule has 0 spiro atoms. The van der Waals surface area contributed by atoms with E-state index in [1.807, 2.05) is 37.4 Å². The highest BCUT2D eigenvalue weighted by Gasteiger charge is 2.14. The molecular weight excluding hydrogens is 436 g/mol. The van der Waals surface area contributed by atoms with E-state index >= 15 is 0 Å². The number of fused-ring (bicyclic) bond motifs is 1. The molecule has 0 radical (unpaired) electrons. The molecule has 2 aromatic carbocycles. The highest BCUT2D eigenvalue weighted by atomic mass is 32.2. The van der Waals surface area contributed by atoms with Gasteiger partial charge in [0, 0.05) is 29.5 Å². The van der Waals surface area contributed by atoms with Crippen LogP contribution in [0.25, 0.3) is 10.9 Å². The predicted molar refractivity (Wildman–Crippen MR) is 123 cm³/mol. The van der Waals surface area contributed by atoms with Crippen LogP contribution < -0.4 is 20.1 Å². The maximum absolute atomic E-state index is 12.8. The molecule has 0 saturated carbocycles. The number of halogens is 2. The van der Waals surface area contributed by atoms with Gasteiger partial charge in [-0.2, -0.15) is 8.78 Å². The summed E-state index contributed by atoms with van der Waals surface area (Å²) < 4.78 is 34.4. The Kier molecular flexibility index (Phi) is 7.88. The number of pyridine rings is 1. The number of anilines is 1. The van der Waals surface area contributed by atoms with Gasteiger partial charge in [-0.3, -0.25) is 9.78 Å². The summed E-state index contributed by atoms with van der Waals surface area (Å²) in [6.07, 6.45) is 3.55. The number of amides is 1. The van der Waals surface area contributed by atoms with Crippen LogP contribution in [-0.4, -0.2) is 30.9 Å². The first-order chi connectivity index (χ1) is 15.4. The molecule has 0 aliphatic heterocycles. The maximum atomic E-state index is 12.8. The monoisotopic (exact) mass is 459 g/mol. The summed E-state index contributed by atoms with van der Waals surface area (Å²) >= 11 is 1.31. The second kappa shape index (κ2) is 10.8. The number of nitrogens with zero attached hydrogens (tertiary/aromatic N) is 1. The van der Waals surface area contributed by atoms with Gasteiger partial charge in [-0.15, -0.1) is 11.8 Å². The fourth-order valence-corrected chi connectivity index (χ4v) is 3.80. The van der Waals surface area contributed by atoms with E-state index in [1.165, 1.54) is 36.0 Å². The van der Waals surface area contributed by atoms with Gasteiger partial charge in [-0.05, 0) is 61.2 Å². The van der Waals surface area contributed by atoms with Crippen molar-refractivity contribution < 1.29 is 23.0 Å². The summed E-state index contributed by atoms with van der Waals surface area (Å²) in [6, 6.07) is 13.4. The van der Waals surface area contributed by atoms with E-state index in [0.717, 1.165) is 22.2 Å². The van der Waals surface area contributed by atoms with Gasteiger partial charge >= 0.3 is 6.61 Å². The van der Waals surface area contributed by atoms with Gasteiger partial charge in [0.15, 0.2) is 0 Å². The predicted octanol–water partition coefficient (Wildman–Crippen LogP) is 5.17. The molecule has 1 aromatic heterocycles. The average Bonchev–Trinajstić information content (AvgIpc) is 2.78. The maximum Gasteiger partial charge on any atom is 0.387 e. The smallest absolute Gasteiger partial charge is 0.387 e. The van der Waals surface area contributed by atoms with Crippen LogP contribution >= 0.6 is 11.8 Å². The zero-order chi connectivity index (χ0) is 23.1. The summed E-state index contributed by atoms with van der Waals surface area (Å²) in [5.41, 5.74) is 2.99. The van der Waals surface area contributed by atoms with E-state index in [4.69, 9.17) is 4.74 Å². The minimum atomic E-state index is -2.90. The van der Waals surface area contributed by atoms with Gasteiger partial charge in [0.1, 0.15) is 11.5 Å². The van der Waals surface area contributed by atoms with E-state index < -0.39 is 6.61 Å². The van der Waals surface area contributed by atoms with Crippen LogP contribution in [0.5, 0.6) is 11.5 Å². The van der Waals surface area contributed by atoms with Gasteiger partial charge < -0.3 is 20.1 Å². The van der Waals surface area contributed by atoms with Crippen molar-refractivity contribution in [3.8, 4) is 11.5 Å². The number of methoxy groups -OCH3 is 1. The molecule has 168 valence electrons. The van der Waals surface area contributed by atoms with Crippen molar-refractivity contribution in [3.05, 3.63) is 70.9 Å². The largest absolute Gasteiger partial charge is 0.496 e. The number of ether oxygens (including phenoxy) is 2. The number of allylic oxidation sites excluding steroid dienone is 1. The van der Waals surface area contributed by atoms with E-state index in [0.29, 0.717) is 22.8 Å². The van der Waals surface area contributed by atoms with Crippen molar-refractivity contribution in [2.24, 2.45) is 0 Å². The lowest BCUT2D eigenvalue weighted by atomic mass is 10.1. The van der Waals surface area contributed by atoms with E-state index in [1.54, 1.807) is 13.3 Å². The lowest BCUT2D eigenvalue weighted by Gasteiger charge is -2.15. The molecule has 3 rings (SSSR count). The number of carbonyl (C=O) groups excluding carboxylic acids is 1. The molecular formula is C23H23F2N3O3S. The number of hydrogen-bond donors (Lipinski definition) is 2. The molecule has 0 bridgehead atoms. The average molecular weight is 460 g/mol. The standard InChI is InChI=1S/C23H23F2N3O3S/c1-14(27-13-15-11-12-26-18-5-4-6-19(30-2)20(15)18)21(32-3)22(29)28-16-7-9-17(10-8-16)31-23(24)25/h4-12,23,27H,13H2,1-3H3,(H,28,29)/b21-14+. The Bertz CT molecular complexity index is 1120. The minimum absolute atomic E-state index is 0.0245. The van der Waals surface area contributed by atoms with Gasteiger partial charge in [0.05, 0.1) is 17.5 Å². The molecule has 9 heteroatoms. The zero-order valence-electron chi connectivity index (χ0n) is 17.8. The number of alkyl halides is 2. The Labute approximate surface area is 189 Å². The second-order valence-corrected chi connectivity index (χ2v) is 7.51. The first-order valence-electron chi connectivity index (χ1n) is 9.68. The van der Waals surface area contributed by atoms with E-state index in [-0.39, 0.29) is 11.7 Å². The highest BCUT2D eigenvalue weighted by Crippen LogP contribution is 2.28. The highest BCUT2D eigenvalue weighted by molar-refractivity contribution is 8.03. The number of aromatic nitrogens is 1. The molecule has 0 atom stereocenters. The third-order valence-electron chi connectivity index (χ3n) is 4.67. The summed E-state index contributed by atoms with van der Waals surface area (Å²) in [6.45, 7) is -0.596. The normalized spacial score (nSPS) is 11.8. The Morgan fingerprint density at radius 1 is 1.16 bits per heavy atom. The number of rotatable bonds is 9. The van der Waals surface area contributed by atoms with Crippen molar-refractivity contribution in [3.63, 3.8) is 0 Å². The Morgan fingerprint density at radius 3 is 2.56 bits per heavy atom. The molecule has 32 heavy (non-hydrogen) atoms. The number of thioether (sulfide) groups is 1. The van der Waals surface area contributed by atoms with Crippen LogP contribution in [0.4, 0.5) is 14.5 Å². The first kappa shape index (κ1) is 23.3. The molecule has 0 unspecified atom stereocenters. The minimum Gasteiger partial charge on any atom is -0.496 e. The van der Waals surface area contributed by atoms with E-state index in [9.17, 15) is 13.6 Å². The topological polar surface area (TPSA) is 72.5 Å². The van der Waals surface area contributed by atoms with Gasteiger partial charge in [0.25, 0.3) is 5.91 Å². The van der Waals surface area contributed by atoms with Crippen molar-refractivity contribution >= 4 is 34.3 Å². The SMILES string of the molecule is COc1cccc2nccc(CN/C(C)=C(/SC)C(=O)Nc3ccc(OC(F)F)cc3)c12. The number of carbonyl (C=O) groups is 1. The van der Waals surface area contributed by atoms with Crippen LogP contribution in [0, 0.1) is 0 Å². The molecule has 1 heterocycles. The lowest BCUT2D eigenvalue weighted by Crippen LogP contribution is -2.20. The van der Waals surface area contributed by atoms with Gasteiger partial charge in [0.2, 0.25) is 0 Å². The first-order valence-corrected chi connectivity index (χ1v) is 10.9.